The number of nitrogens with zero attached hydrogens (tertiary/aromatic N) is 2. The largest absolute Gasteiger partial charge is 0.493 e. The van der Waals surface area contributed by atoms with E-state index in [0.717, 1.165) is 16.6 Å². The maximum atomic E-state index is 11.8. The molecule has 0 unspecified atom stereocenters. The molecule has 0 spiro atoms. The van der Waals surface area contributed by atoms with Crippen LogP contribution in [0.2, 0.25) is 0 Å². The summed E-state index contributed by atoms with van der Waals surface area (Å²) < 4.78 is 16.7. The molecule has 3 rings (SSSR count). The summed E-state index contributed by atoms with van der Waals surface area (Å²) in [5.41, 5.74) is 8.70. The maximum Gasteiger partial charge on any atom is 0.407 e. The quantitative estimate of drug-likeness (QED) is 0.320. The first kappa shape index (κ1) is 25.4. The number of ether oxygens (including phenoxy) is 3. The van der Waals surface area contributed by atoms with Crippen LogP contribution in [0, 0.1) is 0 Å². The van der Waals surface area contributed by atoms with Crippen molar-refractivity contribution in [2.75, 3.05) is 30.8 Å². The average Bonchev–Trinajstić information content (AvgIpc) is 3.14. The zero-order valence-corrected chi connectivity index (χ0v) is 20.9. The predicted molar refractivity (Wildman–Crippen MR) is 134 cm³/mol. The summed E-state index contributed by atoms with van der Waals surface area (Å²) in [6.07, 6.45) is 0.187. The minimum atomic E-state index is -0.524. The van der Waals surface area contributed by atoms with Crippen LogP contribution in [0.25, 0.3) is 21.9 Å². The molecule has 3 aromatic rings. The Morgan fingerprint density at radius 3 is 2.68 bits per heavy atom. The summed E-state index contributed by atoms with van der Waals surface area (Å²) in [7, 11) is 0. The van der Waals surface area contributed by atoms with Crippen molar-refractivity contribution in [3.8, 4) is 5.75 Å². The normalized spacial score (nSPS) is 11.9. The van der Waals surface area contributed by atoms with E-state index in [9.17, 15) is 4.79 Å². The standard InChI is InChI=1S/C24H36N6O4/c1-7-32-13-18-29-20-19-16(27-14(2)3)11-15(12-17(19)28-22(25)21(20)30-18)33-10-8-9-26-23(31)34-24(4,5)6/h11-12,14,27H,7-10,13H2,1-6H3,(H2,25,28)(H,26,31)(H,29,30). The fourth-order valence-corrected chi connectivity index (χ4v) is 3.45. The first-order valence-corrected chi connectivity index (χ1v) is 11.6. The van der Waals surface area contributed by atoms with E-state index < -0.39 is 11.7 Å². The number of carbonyl (C=O) groups excluding carboxylic acids is 1. The molecule has 0 aliphatic carbocycles. The highest BCUT2D eigenvalue weighted by Crippen LogP contribution is 2.35. The summed E-state index contributed by atoms with van der Waals surface area (Å²) in [5, 5.41) is 7.07. The van der Waals surface area contributed by atoms with E-state index in [1.165, 1.54) is 0 Å². The molecule has 1 amide bonds. The minimum Gasteiger partial charge on any atom is -0.493 e. The molecule has 34 heavy (non-hydrogen) atoms. The minimum absolute atomic E-state index is 0.186. The molecule has 186 valence electrons. The second-order valence-electron chi connectivity index (χ2n) is 9.34. The molecule has 0 fully saturated rings. The number of carbonyl (C=O) groups is 1. The van der Waals surface area contributed by atoms with Crippen LogP contribution in [0.15, 0.2) is 12.1 Å². The number of alkyl carbamates (subject to hydrolysis) is 1. The van der Waals surface area contributed by atoms with Crippen molar-refractivity contribution in [3.63, 3.8) is 0 Å². The third-order valence-corrected chi connectivity index (χ3v) is 4.72. The van der Waals surface area contributed by atoms with E-state index in [0.29, 0.717) is 61.2 Å². The number of nitrogen functional groups attached to an aromatic ring is 1. The Bertz CT molecular complexity index is 1140. The van der Waals surface area contributed by atoms with E-state index in [-0.39, 0.29) is 6.04 Å². The Morgan fingerprint density at radius 2 is 2.00 bits per heavy atom. The monoisotopic (exact) mass is 472 g/mol. The molecule has 0 aliphatic heterocycles. The van der Waals surface area contributed by atoms with Crippen molar-refractivity contribution in [2.45, 2.75) is 66.2 Å². The number of hydrogen-bond acceptors (Lipinski definition) is 8. The van der Waals surface area contributed by atoms with Crippen molar-refractivity contribution in [1.29, 1.82) is 0 Å². The first-order valence-electron chi connectivity index (χ1n) is 11.6. The number of fused-ring (bicyclic) bond motifs is 3. The molecule has 10 heteroatoms. The number of benzene rings is 1. The van der Waals surface area contributed by atoms with Crippen LogP contribution >= 0.6 is 0 Å². The number of aromatic amines is 1. The molecule has 10 nitrogen and oxygen atoms in total. The van der Waals surface area contributed by atoms with Crippen LogP contribution in [0.5, 0.6) is 5.75 Å². The zero-order valence-electron chi connectivity index (χ0n) is 20.9. The van der Waals surface area contributed by atoms with Gasteiger partial charge < -0.3 is 35.6 Å². The molecular formula is C24H36N6O4. The first-order chi connectivity index (χ1) is 16.1. The summed E-state index contributed by atoms with van der Waals surface area (Å²) in [6.45, 7) is 13.4. The molecule has 0 aliphatic rings. The Hall–Kier alpha value is -3.27. The van der Waals surface area contributed by atoms with Gasteiger partial charge in [0, 0.05) is 37.0 Å². The summed E-state index contributed by atoms with van der Waals surface area (Å²) in [4.78, 5) is 24.3. The highest BCUT2D eigenvalue weighted by Gasteiger charge is 2.18. The molecule has 0 radical (unpaired) electrons. The lowest BCUT2D eigenvalue weighted by Gasteiger charge is -2.19. The lowest BCUT2D eigenvalue weighted by molar-refractivity contribution is 0.0525. The Labute approximate surface area is 199 Å². The third-order valence-electron chi connectivity index (χ3n) is 4.72. The molecule has 2 aromatic heterocycles. The predicted octanol–water partition coefficient (Wildman–Crippen LogP) is 4.34. The summed E-state index contributed by atoms with van der Waals surface area (Å²) in [6, 6.07) is 3.98. The molecule has 0 saturated heterocycles. The van der Waals surface area contributed by atoms with E-state index >= 15 is 0 Å². The summed E-state index contributed by atoms with van der Waals surface area (Å²) in [5.74, 6) is 1.72. The number of pyridine rings is 1. The number of imidazole rings is 1. The number of nitrogens with one attached hydrogen (secondary N) is 3. The van der Waals surface area contributed by atoms with Crippen molar-refractivity contribution in [2.24, 2.45) is 0 Å². The van der Waals surface area contributed by atoms with Crippen LogP contribution < -0.4 is 21.1 Å². The van der Waals surface area contributed by atoms with Gasteiger partial charge in [-0.2, -0.15) is 0 Å². The van der Waals surface area contributed by atoms with Gasteiger partial charge in [0.25, 0.3) is 0 Å². The third kappa shape index (κ3) is 6.63. The van der Waals surface area contributed by atoms with Crippen molar-refractivity contribution in [1.82, 2.24) is 20.3 Å². The molecule has 0 bridgehead atoms. The van der Waals surface area contributed by atoms with Crippen molar-refractivity contribution >= 4 is 39.5 Å². The molecule has 2 heterocycles. The van der Waals surface area contributed by atoms with E-state index in [1.54, 1.807) is 0 Å². The van der Waals surface area contributed by atoms with E-state index in [4.69, 9.17) is 24.9 Å². The van der Waals surface area contributed by atoms with Gasteiger partial charge in [0.05, 0.1) is 17.5 Å². The van der Waals surface area contributed by atoms with Gasteiger partial charge in [0.2, 0.25) is 0 Å². The van der Waals surface area contributed by atoms with Crippen molar-refractivity contribution in [3.05, 3.63) is 18.0 Å². The molecular weight excluding hydrogens is 436 g/mol. The zero-order chi connectivity index (χ0) is 24.9. The van der Waals surface area contributed by atoms with Gasteiger partial charge in [-0.15, -0.1) is 0 Å². The highest BCUT2D eigenvalue weighted by molar-refractivity contribution is 6.12. The fourth-order valence-electron chi connectivity index (χ4n) is 3.45. The van der Waals surface area contributed by atoms with Gasteiger partial charge >= 0.3 is 6.09 Å². The molecule has 0 saturated carbocycles. The highest BCUT2D eigenvalue weighted by atomic mass is 16.6. The van der Waals surface area contributed by atoms with Gasteiger partial charge in [0.1, 0.15) is 40.6 Å². The SMILES string of the molecule is CCOCc1nc2c([nH]1)c(N)nc1cc(OCCCNC(=O)OC(C)(C)C)cc(NC(C)C)c12. The topological polar surface area (TPSA) is 136 Å². The Balaban J connectivity index is 1.79. The van der Waals surface area contributed by atoms with Crippen LogP contribution in [-0.4, -0.2) is 52.4 Å². The van der Waals surface area contributed by atoms with E-state index in [1.807, 2.05) is 39.8 Å². The molecule has 5 N–H and O–H groups in total. The lowest BCUT2D eigenvalue weighted by atomic mass is 10.1. The number of hydrogen-bond donors (Lipinski definition) is 4. The molecule has 0 atom stereocenters. The Morgan fingerprint density at radius 1 is 1.24 bits per heavy atom. The average molecular weight is 473 g/mol. The van der Waals surface area contributed by atoms with Gasteiger partial charge in [-0.3, -0.25) is 0 Å². The maximum absolute atomic E-state index is 11.8. The number of rotatable bonds is 10. The number of anilines is 2. The smallest absolute Gasteiger partial charge is 0.407 e. The van der Waals surface area contributed by atoms with Gasteiger partial charge in [-0.1, -0.05) is 0 Å². The summed E-state index contributed by atoms with van der Waals surface area (Å²) >= 11 is 0. The Kier molecular flexibility index (Phi) is 8.03. The van der Waals surface area contributed by atoms with Gasteiger partial charge in [-0.25, -0.2) is 14.8 Å². The van der Waals surface area contributed by atoms with Gasteiger partial charge in [0.15, 0.2) is 0 Å². The second kappa shape index (κ2) is 10.8. The number of H-pyrrole nitrogens is 1. The molecule has 1 aromatic carbocycles. The van der Waals surface area contributed by atoms with Crippen LogP contribution in [0.4, 0.5) is 16.3 Å². The number of amides is 1. The van der Waals surface area contributed by atoms with E-state index in [2.05, 4.69) is 34.4 Å². The van der Waals surface area contributed by atoms with Crippen molar-refractivity contribution < 1.29 is 19.0 Å². The van der Waals surface area contributed by atoms with Gasteiger partial charge in [-0.05, 0) is 48.0 Å². The number of nitrogens with two attached hydrogens (primary N) is 1. The second-order valence-corrected chi connectivity index (χ2v) is 9.34. The van der Waals surface area contributed by atoms with Crippen LogP contribution in [0.3, 0.4) is 0 Å². The number of aromatic nitrogens is 3. The lowest BCUT2D eigenvalue weighted by Crippen LogP contribution is -2.33. The fraction of sp³-hybridized carbons (Fsp3) is 0.542. The van der Waals surface area contributed by atoms with Crippen LogP contribution in [-0.2, 0) is 16.1 Å². The van der Waals surface area contributed by atoms with Crippen LogP contribution in [0.1, 0.15) is 53.8 Å².